The van der Waals surface area contributed by atoms with Crippen LogP contribution < -0.4 is 20.8 Å². The normalized spacial score (nSPS) is 10.7. The predicted molar refractivity (Wildman–Crippen MR) is 98.6 cm³/mol. The first kappa shape index (κ1) is 20.5. The summed E-state index contributed by atoms with van der Waals surface area (Å²) in [5, 5.41) is 13.8. The van der Waals surface area contributed by atoms with Gasteiger partial charge in [0.1, 0.15) is 11.3 Å². The van der Waals surface area contributed by atoms with Crippen molar-refractivity contribution < 1.29 is 23.8 Å². The van der Waals surface area contributed by atoms with Crippen molar-refractivity contribution in [1.29, 1.82) is 0 Å². The van der Waals surface area contributed by atoms with Gasteiger partial charge in [-0.3, -0.25) is 4.79 Å². The van der Waals surface area contributed by atoms with E-state index < -0.39 is 11.6 Å². The molecule has 2 rings (SSSR count). The summed E-state index contributed by atoms with van der Waals surface area (Å²) in [4.78, 5) is 34.0. The Labute approximate surface area is 157 Å². The first-order valence-corrected chi connectivity index (χ1v) is 9.08. The SMILES string of the molecule is CCCCc1cc(=O)oc2c(C)c(OCC(=O)NCCCC(=O)[O-])ccc12. The number of carboxylic acids is 1. The van der Waals surface area contributed by atoms with Crippen molar-refractivity contribution in [2.45, 2.75) is 46.0 Å². The molecule has 0 aliphatic rings. The molecule has 0 radical (unpaired) electrons. The molecule has 0 saturated carbocycles. The first-order chi connectivity index (χ1) is 12.9. The number of carbonyl (C=O) groups excluding carboxylic acids is 2. The van der Waals surface area contributed by atoms with Crippen LogP contribution in [0.1, 0.15) is 43.7 Å². The average molecular weight is 374 g/mol. The second-order valence-corrected chi connectivity index (χ2v) is 6.37. The molecule has 7 nitrogen and oxygen atoms in total. The fraction of sp³-hybridized carbons (Fsp3) is 0.450. The number of rotatable bonds is 10. The third-order valence-electron chi connectivity index (χ3n) is 4.24. The Morgan fingerprint density at radius 3 is 2.74 bits per heavy atom. The van der Waals surface area contributed by atoms with Gasteiger partial charge in [0.15, 0.2) is 6.61 Å². The molecular formula is C20H24NO6-. The zero-order valence-electron chi connectivity index (χ0n) is 15.6. The van der Waals surface area contributed by atoms with Crippen LogP contribution in [-0.4, -0.2) is 25.0 Å². The van der Waals surface area contributed by atoms with Gasteiger partial charge in [-0.15, -0.1) is 0 Å². The standard InChI is InChI=1S/C20H25NO6/c1-3-4-6-14-11-19(25)27-20-13(2)16(9-8-15(14)20)26-12-17(22)21-10-5-7-18(23)24/h8-9,11H,3-7,10,12H2,1-2H3,(H,21,22)(H,23,24)/p-1. The van der Waals surface area contributed by atoms with E-state index in [4.69, 9.17) is 9.15 Å². The number of benzene rings is 1. The third kappa shape index (κ3) is 5.84. The van der Waals surface area contributed by atoms with Crippen molar-refractivity contribution in [1.82, 2.24) is 5.32 Å². The number of hydrogen-bond acceptors (Lipinski definition) is 6. The van der Waals surface area contributed by atoms with E-state index in [2.05, 4.69) is 12.2 Å². The number of carboxylic acid groups (broad SMARTS) is 1. The van der Waals surface area contributed by atoms with E-state index in [1.807, 2.05) is 6.07 Å². The molecule has 0 bridgehead atoms. The monoisotopic (exact) mass is 374 g/mol. The number of aliphatic carboxylic acids is 1. The number of carbonyl (C=O) groups is 2. The Balaban J connectivity index is 2.07. The highest BCUT2D eigenvalue weighted by molar-refractivity contribution is 5.85. The van der Waals surface area contributed by atoms with Crippen molar-refractivity contribution in [3.05, 3.63) is 39.7 Å². The Hall–Kier alpha value is -2.83. The fourth-order valence-electron chi connectivity index (χ4n) is 2.79. The van der Waals surface area contributed by atoms with Crippen molar-refractivity contribution in [2.75, 3.05) is 13.2 Å². The average Bonchev–Trinajstić information content (AvgIpc) is 2.63. The second-order valence-electron chi connectivity index (χ2n) is 6.37. The maximum absolute atomic E-state index is 11.9. The molecule has 1 N–H and O–H groups in total. The van der Waals surface area contributed by atoms with Gasteiger partial charge in [0.2, 0.25) is 0 Å². The molecule has 0 aliphatic heterocycles. The van der Waals surface area contributed by atoms with Crippen molar-refractivity contribution in [2.24, 2.45) is 0 Å². The van der Waals surface area contributed by atoms with Crippen LogP contribution in [0.2, 0.25) is 0 Å². The molecule has 0 spiro atoms. The molecule has 146 valence electrons. The smallest absolute Gasteiger partial charge is 0.336 e. The molecule has 0 saturated heterocycles. The van der Waals surface area contributed by atoms with Crippen LogP contribution in [0.5, 0.6) is 5.75 Å². The molecule has 1 aromatic heterocycles. The lowest BCUT2D eigenvalue weighted by atomic mass is 10.0. The van der Waals surface area contributed by atoms with Crippen LogP contribution in [0.25, 0.3) is 11.0 Å². The Kier molecular flexibility index (Phi) is 7.40. The van der Waals surface area contributed by atoms with Crippen molar-refractivity contribution in [3.63, 3.8) is 0 Å². The molecular weight excluding hydrogens is 350 g/mol. The summed E-state index contributed by atoms with van der Waals surface area (Å²) < 4.78 is 10.9. The predicted octanol–water partition coefficient (Wildman–Crippen LogP) is 1.47. The van der Waals surface area contributed by atoms with Gasteiger partial charge in [0.05, 0.1) is 0 Å². The molecule has 0 aliphatic carbocycles. The lowest BCUT2D eigenvalue weighted by Gasteiger charge is -2.12. The number of fused-ring (bicyclic) bond motifs is 1. The lowest BCUT2D eigenvalue weighted by Crippen LogP contribution is -2.31. The van der Waals surface area contributed by atoms with E-state index in [1.165, 1.54) is 6.07 Å². The Morgan fingerprint density at radius 2 is 2.04 bits per heavy atom. The van der Waals surface area contributed by atoms with Crippen LogP contribution in [0.4, 0.5) is 0 Å². The fourth-order valence-corrected chi connectivity index (χ4v) is 2.79. The molecule has 1 heterocycles. The molecule has 0 atom stereocenters. The minimum atomic E-state index is -1.15. The lowest BCUT2D eigenvalue weighted by molar-refractivity contribution is -0.305. The molecule has 0 unspecified atom stereocenters. The number of amides is 1. The maximum Gasteiger partial charge on any atom is 0.336 e. The summed E-state index contributed by atoms with van der Waals surface area (Å²) in [5.74, 6) is -1.04. The number of ether oxygens (including phenoxy) is 1. The summed E-state index contributed by atoms with van der Waals surface area (Å²) in [5.41, 5.74) is 1.68. The second kappa shape index (κ2) is 9.75. The summed E-state index contributed by atoms with van der Waals surface area (Å²) in [6, 6.07) is 5.12. The van der Waals surface area contributed by atoms with Gasteiger partial charge in [-0.2, -0.15) is 0 Å². The van der Waals surface area contributed by atoms with E-state index in [0.717, 1.165) is 30.2 Å². The summed E-state index contributed by atoms with van der Waals surface area (Å²) in [6.45, 7) is 3.90. The summed E-state index contributed by atoms with van der Waals surface area (Å²) >= 11 is 0. The molecule has 7 heteroatoms. The van der Waals surface area contributed by atoms with Gasteiger partial charge in [-0.05, 0) is 50.3 Å². The van der Waals surface area contributed by atoms with Crippen molar-refractivity contribution in [3.8, 4) is 5.75 Å². The minimum absolute atomic E-state index is 0.107. The van der Waals surface area contributed by atoms with Crippen LogP contribution in [0.15, 0.2) is 27.4 Å². The Morgan fingerprint density at radius 1 is 1.26 bits per heavy atom. The molecule has 1 amide bonds. The van der Waals surface area contributed by atoms with E-state index in [9.17, 15) is 19.5 Å². The third-order valence-corrected chi connectivity index (χ3v) is 4.24. The van der Waals surface area contributed by atoms with Gasteiger partial charge in [-0.1, -0.05) is 13.3 Å². The zero-order chi connectivity index (χ0) is 19.8. The van der Waals surface area contributed by atoms with Gasteiger partial charge in [0, 0.05) is 29.5 Å². The minimum Gasteiger partial charge on any atom is -0.550 e. The quantitative estimate of drug-likeness (QED) is 0.498. The number of nitrogens with one attached hydrogen (secondary N) is 1. The first-order valence-electron chi connectivity index (χ1n) is 9.08. The number of hydrogen-bond donors (Lipinski definition) is 1. The van der Waals surface area contributed by atoms with Gasteiger partial charge in [0.25, 0.3) is 5.91 Å². The Bertz CT molecular complexity index is 871. The van der Waals surface area contributed by atoms with Crippen LogP contribution >= 0.6 is 0 Å². The number of aryl methyl sites for hydroxylation is 2. The van der Waals surface area contributed by atoms with Crippen LogP contribution in [0, 0.1) is 6.92 Å². The van der Waals surface area contributed by atoms with Gasteiger partial charge < -0.3 is 24.4 Å². The van der Waals surface area contributed by atoms with E-state index in [1.54, 1.807) is 13.0 Å². The maximum atomic E-state index is 11.9. The van der Waals surface area contributed by atoms with Crippen LogP contribution in [0.3, 0.4) is 0 Å². The summed E-state index contributed by atoms with van der Waals surface area (Å²) in [6.07, 6.45) is 3.00. The molecule has 2 aromatic rings. The van der Waals surface area contributed by atoms with Gasteiger partial charge in [-0.25, -0.2) is 4.79 Å². The summed E-state index contributed by atoms with van der Waals surface area (Å²) in [7, 11) is 0. The zero-order valence-corrected chi connectivity index (χ0v) is 15.6. The topological polar surface area (TPSA) is 109 Å². The van der Waals surface area contributed by atoms with E-state index in [0.29, 0.717) is 23.3 Å². The van der Waals surface area contributed by atoms with Crippen LogP contribution in [-0.2, 0) is 16.0 Å². The van der Waals surface area contributed by atoms with Crippen molar-refractivity contribution >= 4 is 22.8 Å². The highest BCUT2D eigenvalue weighted by atomic mass is 16.5. The molecule has 27 heavy (non-hydrogen) atoms. The van der Waals surface area contributed by atoms with Gasteiger partial charge >= 0.3 is 5.63 Å². The molecule has 1 aromatic carbocycles. The van der Waals surface area contributed by atoms with E-state index >= 15 is 0 Å². The highest BCUT2D eigenvalue weighted by Crippen LogP contribution is 2.29. The number of unbranched alkanes of at least 4 members (excludes halogenated alkanes) is 1. The van der Waals surface area contributed by atoms with E-state index in [-0.39, 0.29) is 25.5 Å². The highest BCUT2D eigenvalue weighted by Gasteiger charge is 2.13. The molecule has 0 fully saturated rings. The largest absolute Gasteiger partial charge is 0.550 e.